The van der Waals surface area contributed by atoms with Gasteiger partial charge in [0, 0.05) is 10.2 Å². The molecule has 0 aliphatic carbocycles. The standard InChI is InChI=1S/C15H12BrN3O3S/c16-11-5-7-12(8-6-11)18-15(20)9-19-10-17-23(21,22)14-4-2-1-3-13(14)19/h1-8,10H,9H2,(H,18,20). The summed E-state index contributed by atoms with van der Waals surface area (Å²) in [4.78, 5) is 13.8. The molecule has 0 saturated heterocycles. The van der Waals surface area contributed by atoms with E-state index in [0.29, 0.717) is 11.4 Å². The highest BCUT2D eigenvalue weighted by molar-refractivity contribution is 9.10. The van der Waals surface area contributed by atoms with Crippen LogP contribution in [-0.2, 0) is 14.8 Å². The predicted octanol–water partition coefficient (Wildman–Crippen LogP) is 2.62. The molecule has 1 N–H and O–H groups in total. The Morgan fingerprint density at radius 1 is 1.13 bits per heavy atom. The summed E-state index contributed by atoms with van der Waals surface area (Å²) in [6, 6.07) is 13.6. The fourth-order valence-corrected chi connectivity index (χ4v) is 3.48. The third kappa shape index (κ3) is 3.43. The van der Waals surface area contributed by atoms with Gasteiger partial charge in [0.1, 0.15) is 17.8 Å². The smallest absolute Gasteiger partial charge is 0.285 e. The zero-order valence-corrected chi connectivity index (χ0v) is 14.2. The van der Waals surface area contributed by atoms with Crippen molar-refractivity contribution in [2.75, 3.05) is 16.8 Å². The molecule has 1 aliphatic rings. The highest BCUT2D eigenvalue weighted by Crippen LogP contribution is 2.28. The minimum absolute atomic E-state index is 0.0356. The zero-order chi connectivity index (χ0) is 16.4. The minimum Gasteiger partial charge on any atom is -0.325 e. The van der Waals surface area contributed by atoms with Gasteiger partial charge in [0.25, 0.3) is 10.0 Å². The number of hydrogen-bond acceptors (Lipinski definition) is 4. The normalized spacial score (nSPS) is 15.1. The number of carbonyl (C=O) groups is 1. The van der Waals surface area contributed by atoms with E-state index in [9.17, 15) is 13.2 Å². The van der Waals surface area contributed by atoms with E-state index < -0.39 is 10.0 Å². The van der Waals surface area contributed by atoms with Gasteiger partial charge in [-0.05, 0) is 36.4 Å². The number of nitrogens with zero attached hydrogens (tertiary/aromatic N) is 2. The van der Waals surface area contributed by atoms with Gasteiger partial charge >= 0.3 is 0 Å². The van der Waals surface area contributed by atoms with Crippen LogP contribution < -0.4 is 10.2 Å². The van der Waals surface area contributed by atoms with Crippen molar-refractivity contribution in [3.05, 3.63) is 53.0 Å². The topological polar surface area (TPSA) is 78.8 Å². The lowest BCUT2D eigenvalue weighted by Crippen LogP contribution is -2.35. The van der Waals surface area contributed by atoms with Crippen molar-refractivity contribution in [1.29, 1.82) is 0 Å². The summed E-state index contributed by atoms with van der Waals surface area (Å²) in [7, 11) is -3.68. The lowest BCUT2D eigenvalue weighted by atomic mass is 10.3. The molecule has 23 heavy (non-hydrogen) atoms. The van der Waals surface area contributed by atoms with Crippen LogP contribution in [0.4, 0.5) is 11.4 Å². The van der Waals surface area contributed by atoms with Crippen molar-refractivity contribution in [3.8, 4) is 0 Å². The molecule has 8 heteroatoms. The van der Waals surface area contributed by atoms with E-state index in [1.165, 1.54) is 17.3 Å². The molecule has 3 rings (SSSR count). The third-order valence-electron chi connectivity index (χ3n) is 3.22. The first kappa shape index (κ1) is 15.7. The molecule has 2 aromatic carbocycles. The van der Waals surface area contributed by atoms with E-state index >= 15 is 0 Å². The van der Waals surface area contributed by atoms with Gasteiger partial charge in [0.05, 0.1) is 5.69 Å². The highest BCUT2D eigenvalue weighted by Gasteiger charge is 2.25. The number of hydrogen-bond donors (Lipinski definition) is 1. The minimum atomic E-state index is -3.68. The molecular formula is C15H12BrN3O3S. The Bertz CT molecular complexity index is 879. The molecule has 0 fully saturated rings. The molecular weight excluding hydrogens is 382 g/mol. The molecule has 0 aromatic heterocycles. The maximum absolute atomic E-state index is 12.2. The Morgan fingerprint density at radius 3 is 2.57 bits per heavy atom. The van der Waals surface area contributed by atoms with Crippen LogP contribution >= 0.6 is 15.9 Å². The van der Waals surface area contributed by atoms with Gasteiger partial charge in [-0.15, -0.1) is 4.40 Å². The summed E-state index contributed by atoms with van der Waals surface area (Å²) >= 11 is 3.32. The number of anilines is 2. The largest absolute Gasteiger partial charge is 0.325 e. The van der Waals surface area contributed by atoms with Gasteiger partial charge in [0.15, 0.2) is 0 Å². The highest BCUT2D eigenvalue weighted by atomic mass is 79.9. The van der Waals surface area contributed by atoms with Crippen molar-refractivity contribution in [1.82, 2.24) is 0 Å². The van der Waals surface area contributed by atoms with Crippen molar-refractivity contribution in [2.24, 2.45) is 4.40 Å². The quantitative estimate of drug-likeness (QED) is 0.868. The van der Waals surface area contributed by atoms with Gasteiger partial charge in [-0.3, -0.25) is 4.79 Å². The van der Waals surface area contributed by atoms with Crippen LogP contribution in [0.25, 0.3) is 0 Å². The number of rotatable bonds is 3. The van der Waals surface area contributed by atoms with Crippen molar-refractivity contribution in [2.45, 2.75) is 4.90 Å². The summed E-state index contributed by atoms with van der Waals surface area (Å²) in [5.41, 5.74) is 1.10. The second-order valence-electron chi connectivity index (χ2n) is 4.85. The van der Waals surface area contributed by atoms with Gasteiger partial charge in [-0.1, -0.05) is 28.1 Å². The number of sulfonamides is 1. The Labute approximate surface area is 142 Å². The van der Waals surface area contributed by atoms with Gasteiger partial charge in [-0.2, -0.15) is 8.42 Å². The van der Waals surface area contributed by atoms with E-state index in [1.807, 2.05) is 12.1 Å². The van der Waals surface area contributed by atoms with E-state index in [2.05, 4.69) is 25.6 Å². The number of nitrogens with one attached hydrogen (secondary N) is 1. The second-order valence-corrected chi connectivity index (χ2v) is 7.36. The number of benzene rings is 2. The summed E-state index contributed by atoms with van der Waals surface area (Å²) in [6.45, 7) is -0.0356. The Kier molecular flexibility index (Phi) is 4.18. The van der Waals surface area contributed by atoms with Crippen LogP contribution in [0.5, 0.6) is 0 Å². The molecule has 118 valence electrons. The fraction of sp³-hybridized carbons (Fsp3) is 0.0667. The van der Waals surface area contributed by atoms with Gasteiger partial charge in [-0.25, -0.2) is 0 Å². The molecule has 0 bridgehead atoms. The van der Waals surface area contributed by atoms with Crippen LogP contribution in [0.15, 0.2) is 62.3 Å². The Hall–Kier alpha value is -2.19. The maximum atomic E-state index is 12.2. The average molecular weight is 394 g/mol. The molecule has 0 saturated carbocycles. The van der Waals surface area contributed by atoms with Crippen LogP contribution in [0.2, 0.25) is 0 Å². The van der Waals surface area contributed by atoms with Crippen LogP contribution in [-0.4, -0.2) is 27.2 Å². The molecule has 1 heterocycles. The van der Waals surface area contributed by atoms with Gasteiger partial charge < -0.3 is 10.2 Å². The van der Waals surface area contributed by atoms with Crippen LogP contribution in [0.1, 0.15) is 0 Å². The first-order chi connectivity index (χ1) is 11.0. The second kappa shape index (κ2) is 6.13. The lowest BCUT2D eigenvalue weighted by molar-refractivity contribution is -0.114. The first-order valence-electron chi connectivity index (χ1n) is 6.67. The molecule has 0 radical (unpaired) electrons. The fourth-order valence-electron chi connectivity index (χ4n) is 2.16. The molecule has 6 nitrogen and oxygen atoms in total. The number of fused-ring (bicyclic) bond motifs is 1. The zero-order valence-electron chi connectivity index (χ0n) is 11.8. The van der Waals surface area contributed by atoms with Gasteiger partial charge in [0.2, 0.25) is 5.91 Å². The summed E-state index contributed by atoms with van der Waals surface area (Å²) < 4.78 is 28.3. The molecule has 0 atom stereocenters. The molecule has 1 amide bonds. The van der Waals surface area contributed by atoms with Crippen LogP contribution in [0, 0.1) is 0 Å². The van der Waals surface area contributed by atoms with E-state index in [0.717, 1.165) is 4.47 Å². The van der Waals surface area contributed by atoms with Crippen molar-refractivity contribution < 1.29 is 13.2 Å². The number of amides is 1. The SMILES string of the molecule is O=C(CN1C=NS(=O)(=O)c2ccccc21)Nc1ccc(Br)cc1. The van der Waals surface area contributed by atoms with Crippen molar-refractivity contribution >= 4 is 49.6 Å². The van der Waals surface area contributed by atoms with E-state index in [-0.39, 0.29) is 17.3 Å². The molecule has 1 aliphatic heterocycles. The monoisotopic (exact) mass is 393 g/mol. The Balaban J connectivity index is 1.78. The van der Waals surface area contributed by atoms with E-state index in [1.54, 1.807) is 30.3 Å². The maximum Gasteiger partial charge on any atom is 0.285 e. The third-order valence-corrected chi connectivity index (χ3v) is 5.02. The lowest BCUT2D eigenvalue weighted by Gasteiger charge is -2.24. The molecule has 0 unspecified atom stereocenters. The number of carbonyl (C=O) groups excluding carboxylic acids is 1. The summed E-state index contributed by atoms with van der Waals surface area (Å²) in [5.74, 6) is -0.270. The molecule has 0 spiro atoms. The average Bonchev–Trinajstić information content (AvgIpc) is 2.53. The Morgan fingerprint density at radius 2 is 1.83 bits per heavy atom. The van der Waals surface area contributed by atoms with Crippen molar-refractivity contribution in [3.63, 3.8) is 0 Å². The summed E-state index contributed by atoms with van der Waals surface area (Å²) in [5, 5.41) is 2.76. The number of para-hydroxylation sites is 1. The predicted molar refractivity (Wildman–Crippen MR) is 92.2 cm³/mol. The van der Waals surface area contributed by atoms with Crippen LogP contribution in [0.3, 0.4) is 0 Å². The number of halogens is 1. The molecule has 2 aromatic rings. The first-order valence-corrected chi connectivity index (χ1v) is 8.90. The summed E-state index contributed by atoms with van der Waals surface area (Å²) in [6.07, 6.45) is 1.17. The van der Waals surface area contributed by atoms with E-state index in [4.69, 9.17) is 0 Å².